The summed E-state index contributed by atoms with van der Waals surface area (Å²) < 4.78 is 12.8. The predicted octanol–water partition coefficient (Wildman–Crippen LogP) is 2.93. The molecule has 0 radical (unpaired) electrons. The molecule has 0 aliphatic carbocycles. The molecule has 2 aromatic heterocycles. The van der Waals surface area contributed by atoms with Crippen molar-refractivity contribution in [3.63, 3.8) is 0 Å². The Labute approximate surface area is 132 Å². The molecule has 0 spiro atoms. The van der Waals surface area contributed by atoms with Crippen molar-refractivity contribution >= 4 is 11.5 Å². The third kappa shape index (κ3) is 2.70. The van der Waals surface area contributed by atoms with Crippen molar-refractivity contribution in [3.05, 3.63) is 59.7 Å². The second-order valence-corrected chi connectivity index (χ2v) is 5.01. The first kappa shape index (κ1) is 14.9. The van der Waals surface area contributed by atoms with E-state index in [9.17, 15) is 9.90 Å². The first-order valence-corrected chi connectivity index (χ1v) is 7.08. The van der Waals surface area contributed by atoms with Gasteiger partial charge in [-0.1, -0.05) is 18.2 Å². The van der Waals surface area contributed by atoms with E-state index >= 15 is 0 Å². The smallest absolute Gasteiger partial charge is 0.356 e. The van der Waals surface area contributed by atoms with Crippen molar-refractivity contribution in [1.29, 1.82) is 0 Å². The number of carbonyl (C=O) groups is 1. The van der Waals surface area contributed by atoms with Crippen LogP contribution in [0.15, 0.2) is 42.5 Å². The van der Waals surface area contributed by atoms with Crippen molar-refractivity contribution in [2.24, 2.45) is 0 Å². The molecule has 0 unspecified atom stereocenters. The Balaban J connectivity index is 1.99. The zero-order valence-electron chi connectivity index (χ0n) is 12.8. The number of aromatic nitrogens is 2. The standard InChI is InChI=1S/C17H16N2O4/c1-11-6-5-7-12-16(17(20)21)18-15(19(11)12)10-23-14-9-4-3-8-13(14)22-2/h3-9H,10H2,1-2H3,(H,20,21). The minimum atomic E-state index is -1.06. The lowest BCUT2D eigenvalue weighted by Crippen LogP contribution is -2.04. The maximum absolute atomic E-state index is 11.4. The molecular weight excluding hydrogens is 296 g/mol. The third-order valence-corrected chi connectivity index (χ3v) is 3.56. The van der Waals surface area contributed by atoms with Crippen LogP contribution in [0.1, 0.15) is 22.0 Å². The summed E-state index contributed by atoms with van der Waals surface area (Å²) in [5, 5.41) is 9.32. The van der Waals surface area contributed by atoms with E-state index in [1.165, 1.54) is 0 Å². The van der Waals surface area contributed by atoms with Crippen LogP contribution in [0.2, 0.25) is 0 Å². The number of hydrogen-bond donors (Lipinski definition) is 1. The SMILES string of the molecule is COc1ccccc1OCc1nc(C(=O)O)c2cccc(C)n12. The lowest BCUT2D eigenvalue weighted by Gasteiger charge is -2.10. The molecule has 6 nitrogen and oxygen atoms in total. The van der Waals surface area contributed by atoms with Crippen LogP contribution in [-0.2, 0) is 6.61 Å². The molecule has 0 saturated heterocycles. The van der Waals surface area contributed by atoms with Crippen molar-refractivity contribution in [2.45, 2.75) is 13.5 Å². The molecular formula is C17H16N2O4. The zero-order chi connectivity index (χ0) is 16.4. The molecule has 2 heterocycles. The second-order valence-electron chi connectivity index (χ2n) is 5.01. The fourth-order valence-corrected chi connectivity index (χ4v) is 2.52. The third-order valence-electron chi connectivity index (χ3n) is 3.56. The Morgan fingerprint density at radius 2 is 1.91 bits per heavy atom. The lowest BCUT2D eigenvalue weighted by atomic mass is 10.3. The van der Waals surface area contributed by atoms with Crippen LogP contribution >= 0.6 is 0 Å². The van der Waals surface area contributed by atoms with E-state index in [0.717, 1.165) is 5.69 Å². The number of carboxylic acid groups (broad SMARTS) is 1. The van der Waals surface area contributed by atoms with Crippen LogP contribution in [0.3, 0.4) is 0 Å². The number of benzene rings is 1. The summed E-state index contributed by atoms with van der Waals surface area (Å²) in [6.07, 6.45) is 0. The zero-order valence-corrected chi connectivity index (χ0v) is 12.8. The summed E-state index contributed by atoms with van der Waals surface area (Å²) in [5.74, 6) is 0.666. The molecule has 3 aromatic rings. The molecule has 0 amide bonds. The van der Waals surface area contributed by atoms with Gasteiger partial charge < -0.3 is 14.6 Å². The van der Waals surface area contributed by atoms with Crippen molar-refractivity contribution in [1.82, 2.24) is 9.38 Å². The van der Waals surface area contributed by atoms with Crippen LogP contribution in [-0.4, -0.2) is 27.6 Å². The summed E-state index contributed by atoms with van der Waals surface area (Å²) >= 11 is 0. The monoisotopic (exact) mass is 312 g/mol. The number of fused-ring (bicyclic) bond motifs is 1. The van der Waals surface area contributed by atoms with Crippen LogP contribution in [0.25, 0.3) is 5.52 Å². The van der Waals surface area contributed by atoms with E-state index < -0.39 is 5.97 Å². The number of methoxy groups -OCH3 is 1. The Kier molecular flexibility index (Phi) is 3.89. The number of aryl methyl sites for hydroxylation is 1. The topological polar surface area (TPSA) is 73.1 Å². The minimum Gasteiger partial charge on any atom is -0.493 e. The fourth-order valence-electron chi connectivity index (χ4n) is 2.52. The van der Waals surface area contributed by atoms with Gasteiger partial charge >= 0.3 is 5.97 Å². The summed E-state index contributed by atoms with van der Waals surface area (Å²) in [6.45, 7) is 2.03. The molecule has 1 N–H and O–H groups in total. The second kappa shape index (κ2) is 6.00. The molecule has 0 aliphatic heterocycles. The lowest BCUT2D eigenvalue weighted by molar-refractivity contribution is 0.0693. The number of hydrogen-bond acceptors (Lipinski definition) is 4. The summed E-state index contributed by atoms with van der Waals surface area (Å²) in [4.78, 5) is 15.6. The van der Waals surface area contributed by atoms with E-state index in [2.05, 4.69) is 4.98 Å². The van der Waals surface area contributed by atoms with E-state index in [0.29, 0.717) is 22.8 Å². The Hall–Kier alpha value is -3.02. The molecule has 118 valence electrons. The summed E-state index contributed by atoms with van der Waals surface area (Å²) in [6, 6.07) is 12.7. The minimum absolute atomic E-state index is 0.0207. The van der Waals surface area contributed by atoms with Gasteiger partial charge in [-0.15, -0.1) is 0 Å². The van der Waals surface area contributed by atoms with Crippen LogP contribution in [0.5, 0.6) is 11.5 Å². The number of imidazole rings is 1. The first-order chi connectivity index (χ1) is 11.1. The van der Waals surface area contributed by atoms with Gasteiger partial charge in [-0.2, -0.15) is 0 Å². The highest BCUT2D eigenvalue weighted by Gasteiger charge is 2.18. The van der Waals surface area contributed by atoms with Gasteiger partial charge in [0.05, 0.1) is 12.6 Å². The van der Waals surface area contributed by atoms with E-state index in [4.69, 9.17) is 9.47 Å². The van der Waals surface area contributed by atoms with E-state index in [-0.39, 0.29) is 12.3 Å². The van der Waals surface area contributed by atoms with Crippen molar-refractivity contribution < 1.29 is 19.4 Å². The summed E-state index contributed by atoms with van der Waals surface area (Å²) in [5.41, 5.74) is 1.46. The van der Waals surface area contributed by atoms with E-state index in [1.54, 1.807) is 29.7 Å². The molecule has 23 heavy (non-hydrogen) atoms. The Morgan fingerprint density at radius 3 is 2.61 bits per heavy atom. The number of para-hydroxylation sites is 2. The van der Waals surface area contributed by atoms with Gasteiger partial charge in [0.1, 0.15) is 6.61 Å². The number of aromatic carboxylic acids is 1. The average Bonchev–Trinajstić information content (AvgIpc) is 2.93. The number of pyridine rings is 1. The van der Waals surface area contributed by atoms with Gasteiger partial charge in [0.15, 0.2) is 23.0 Å². The molecule has 0 aliphatic rings. The number of ether oxygens (including phenoxy) is 2. The largest absolute Gasteiger partial charge is 0.493 e. The molecule has 0 fully saturated rings. The normalized spacial score (nSPS) is 10.7. The maximum atomic E-state index is 11.4. The highest BCUT2D eigenvalue weighted by Crippen LogP contribution is 2.27. The van der Waals surface area contributed by atoms with Crippen molar-refractivity contribution in [2.75, 3.05) is 7.11 Å². The van der Waals surface area contributed by atoms with Crippen LogP contribution in [0.4, 0.5) is 0 Å². The van der Waals surface area contributed by atoms with Crippen LogP contribution < -0.4 is 9.47 Å². The average molecular weight is 312 g/mol. The van der Waals surface area contributed by atoms with Crippen molar-refractivity contribution in [3.8, 4) is 11.5 Å². The van der Waals surface area contributed by atoms with Gasteiger partial charge in [0.2, 0.25) is 0 Å². The van der Waals surface area contributed by atoms with Crippen LogP contribution in [0, 0.1) is 6.92 Å². The van der Waals surface area contributed by atoms with Gasteiger partial charge in [-0.3, -0.25) is 4.40 Å². The number of nitrogens with zero attached hydrogens (tertiary/aromatic N) is 2. The van der Waals surface area contributed by atoms with E-state index in [1.807, 2.05) is 31.2 Å². The molecule has 1 aromatic carbocycles. The number of carboxylic acids is 1. The number of rotatable bonds is 5. The molecule has 3 rings (SSSR count). The summed E-state index contributed by atoms with van der Waals surface area (Å²) in [7, 11) is 1.57. The van der Waals surface area contributed by atoms with Gasteiger partial charge in [-0.05, 0) is 31.2 Å². The molecule has 0 saturated carbocycles. The fraction of sp³-hybridized carbons (Fsp3) is 0.176. The highest BCUT2D eigenvalue weighted by molar-refractivity contribution is 5.93. The molecule has 0 bridgehead atoms. The first-order valence-electron chi connectivity index (χ1n) is 7.08. The Morgan fingerprint density at radius 1 is 1.17 bits per heavy atom. The molecule has 6 heteroatoms. The van der Waals surface area contributed by atoms with Gasteiger partial charge in [0, 0.05) is 5.69 Å². The highest BCUT2D eigenvalue weighted by atomic mass is 16.5. The predicted molar refractivity (Wildman–Crippen MR) is 84.2 cm³/mol. The quantitative estimate of drug-likeness (QED) is 0.784. The van der Waals surface area contributed by atoms with Gasteiger partial charge in [-0.25, -0.2) is 9.78 Å². The Bertz CT molecular complexity index is 870. The maximum Gasteiger partial charge on any atom is 0.356 e. The van der Waals surface area contributed by atoms with Gasteiger partial charge in [0.25, 0.3) is 0 Å². The molecule has 0 atom stereocenters.